The number of rotatable bonds is 6. The molecule has 0 bridgehead atoms. The van der Waals surface area contributed by atoms with Gasteiger partial charge >= 0.3 is 0 Å². The van der Waals surface area contributed by atoms with Gasteiger partial charge in [0.05, 0.1) is 5.02 Å². The quantitative estimate of drug-likeness (QED) is 0.519. The number of hydrogen-bond donors (Lipinski definition) is 2. The maximum Gasteiger partial charge on any atom is 0.264 e. The summed E-state index contributed by atoms with van der Waals surface area (Å²) in [4.78, 5) is 11.8. The number of carbonyl (C=O) groups is 1. The number of halogens is 2. The van der Waals surface area contributed by atoms with Crippen molar-refractivity contribution in [3.8, 4) is 5.75 Å². The van der Waals surface area contributed by atoms with E-state index in [4.69, 9.17) is 28.6 Å². The molecule has 0 saturated carbocycles. The van der Waals surface area contributed by atoms with Crippen molar-refractivity contribution in [1.82, 2.24) is 10.6 Å². The highest BCUT2D eigenvalue weighted by Gasteiger charge is 2.09. The van der Waals surface area contributed by atoms with E-state index in [9.17, 15) is 4.79 Å². The van der Waals surface area contributed by atoms with Crippen LogP contribution in [0.2, 0.25) is 5.02 Å². The van der Waals surface area contributed by atoms with Crippen molar-refractivity contribution in [1.29, 1.82) is 0 Å². The second kappa shape index (κ2) is 10.0. The van der Waals surface area contributed by atoms with Crippen LogP contribution in [0.3, 0.4) is 0 Å². The van der Waals surface area contributed by atoms with E-state index in [0.29, 0.717) is 15.9 Å². The predicted molar refractivity (Wildman–Crippen MR) is 105 cm³/mol. The minimum Gasteiger partial charge on any atom is -0.482 e. The summed E-state index contributed by atoms with van der Waals surface area (Å²) < 4.78 is 6.24. The molecule has 0 unspecified atom stereocenters. The molecule has 0 spiro atoms. The minimum atomic E-state index is -0.316. The van der Waals surface area contributed by atoms with E-state index in [0.717, 1.165) is 17.4 Å². The Morgan fingerprint density at radius 1 is 1.38 bits per heavy atom. The normalized spacial score (nSPS) is 13.8. The first-order valence-corrected chi connectivity index (χ1v) is 9.46. The van der Waals surface area contributed by atoms with Gasteiger partial charge in [-0.2, -0.15) is 0 Å². The standard InChI is InChI=1S/C17H20BrClN2O2S/c18-13-6-7-15(14(19)10-13)23-11-16(22)21-17(24)20-9-8-12-4-2-1-3-5-12/h4,6-7,10H,1-3,5,8-9,11H2,(H2,20,21,22,24). The number of thiocarbonyl (C=S) groups is 1. The molecule has 7 heteroatoms. The van der Waals surface area contributed by atoms with Crippen molar-refractivity contribution >= 4 is 50.8 Å². The molecule has 1 amide bonds. The molecule has 1 aliphatic carbocycles. The van der Waals surface area contributed by atoms with Crippen LogP contribution in [-0.2, 0) is 4.79 Å². The zero-order valence-electron chi connectivity index (χ0n) is 13.2. The summed E-state index contributed by atoms with van der Waals surface area (Å²) in [7, 11) is 0. The van der Waals surface area contributed by atoms with Crippen molar-refractivity contribution in [2.24, 2.45) is 0 Å². The number of nitrogens with one attached hydrogen (secondary N) is 2. The fourth-order valence-corrected chi connectivity index (χ4v) is 3.35. The number of hydrogen-bond acceptors (Lipinski definition) is 3. The number of ether oxygens (including phenoxy) is 1. The van der Waals surface area contributed by atoms with Crippen molar-refractivity contribution in [3.63, 3.8) is 0 Å². The Hall–Kier alpha value is -1.11. The molecule has 1 aromatic carbocycles. The van der Waals surface area contributed by atoms with Crippen LogP contribution in [0.15, 0.2) is 34.3 Å². The van der Waals surface area contributed by atoms with Crippen LogP contribution in [0.5, 0.6) is 5.75 Å². The Morgan fingerprint density at radius 3 is 2.92 bits per heavy atom. The highest BCUT2D eigenvalue weighted by molar-refractivity contribution is 9.10. The topological polar surface area (TPSA) is 50.4 Å². The van der Waals surface area contributed by atoms with E-state index in [-0.39, 0.29) is 12.5 Å². The summed E-state index contributed by atoms with van der Waals surface area (Å²) in [5, 5.41) is 6.42. The van der Waals surface area contributed by atoms with E-state index < -0.39 is 0 Å². The van der Waals surface area contributed by atoms with Crippen LogP contribution in [0, 0.1) is 0 Å². The van der Waals surface area contributed by atoms with Crippen LogP contribution in [0.1, 0.15) is 32.1 Å². The lowest BCUT2D eigenvalue weighted by Crippen LogP contribution is -2.41. The third kappa shape index (κ3) is 6.79. The average Bonchev–Trinajstić information content (AvgIpc) is 2.55. The SMILES string of the molecule is O=C(COc1ccc(Br)cc1Cl)NC(=S)NCCC1=CCCCC1. The van der Waals surface area contributed by atoms with Gasteiger partial charge in [0.2, 0.25) is 0 Å². The Morgan fingerprint density at radius 2 is 2.21 bits per heavy atom. The summed E-state index contributed by atoms with van der Waals surface area (Å²) in [5.74, 6) is 0.140. The summed E-state index contributed by atoms with van der Waals surface area (Å²) >= 11 is 14.5. The number of benzene rings is 1. The Labute approximate surface area is 161 Å². The van der Waals surface area contributed by atoms with Gasteiger partial charge in [0.25, 0.3) is 5.91 Å². The zero-order chi connectivity index (χ0) is 17.4. The van der Waals surface area contributed by atoms with Gasteiger partial charge in [-0.1, -0.05) is 39.2 Å². The largest absolute Gasteiger partial charge is 0.482 e. The lowest BCUT2D eigenvalue weighted by molar-refractivity contribution is -0.121. The monoisotopic (exact) mass is 430 g/mol. The first-order chi connectivity index (χ1) is 11.5. The first-order valence-electron chi connectivity index (χ1n) is 7.88. The van der Waals surface area contributed by atoms with Gasteiger partial charge in [0, 0.05) is 11.0 Å². The predicted octanol–water partition coefficient (Wildman–Crippen LogP) is 4.36. The first kappa shape index (κ1) is 19.2. The smallest absolute Gasteiger partial charge is 0.264 e. The molecule has 0 radical (unpaired) electrons. The van der Waals surface area contributed by atoms with E-state index >= 15 is 0 Å². The van der Waals surface area contributed by atoms with E-state index in [2.05, 4.69) is 32.6 Å². The molecule has 130 valence electrons. The van der Waals surface area contributed by atoms with Crippen molar-refractivity contribution < 1.29 is 9.53 Å². The summed E-state index contributed by atoms with van der Waals surface area (Å²) in [6.45, 7) is 0.582. The molecule has 0 saturated heterocycles. The van der Waals surface area contributed by atoms with Gasteiger partial charge in [-0.25, -0.2) is 0 Å². The molecule has 0 heterocycles. The molecule has 2 N–H and O–H groups in total. The Bertz CT molecular complexity index is 637. The van der Waals surface area contributed by atoms with Crippen molar-refractivity contribution in [3.05, 3.63) is 39.3 Å². The van der Waals surface area contributed by atoms with Crippen LogP contribution in [-0.4, -0.2) is 24.2 Å². The van der Waals surface area contributed by atoms with Crippen LogP contribution in [0.4, 0.5) is 0 Å². The van der Waals surface area contributed by atoms with Gasteiger partial charge in [0.1, 0.15) is 5.75 Å². The molecular weight excluding hydrogens is 412 g/mol. The van der Waals surface area contributed by atoms with E-state index in [1.165, 1.54) is 31.3 Å². The van der Waals surface area contributed by atoms with Gasteiger partial charge in [-0.3, -0.25) is 4.79 Å². The average molecular weight is 432 g/mol. The highest BCUT2D eigenvalue weighted by atomic mass is 79.9. The molecular formula is C17H20BrClN2O2S. The van der Waals surface area contributed by atoms with Crippen LogP contribution in [0.25, 0.3) is 0 Å². The Kier molecular flexibility index (Phi) is 8.02. The third-order valence-corrected chi connectivity index (χ3v) is 4.66. The van der Waals surface area contributed by atoms with Gasteiger partial charge in [0.15, 0.2) is 11.7 Å². The van der Waals surface area contributed by atoms with E-state index in [1.807, 2.05) is 0 Å². The van der Waals surface area contributed by atoms with Crippen LogP contribution < -0.4 is 15.4 Å². The molecule has 24 heavy (non-hydrogen) atoms. The maximum absolute atomic E-state index is 11.8. The van der Waals surface area contributed by atoms with Crippen molar-refractivity contribution in [2.75, 3.05) is 13.2 Å². The highest BCUT2D eigenvalue weighted by Crippen LogP contribution is 2.27. The molecule has 1 aliphatic rings. The fraction of sp³-hybridized carbons (Fsp3) is 0.412. The third-order valence-electron chi connectivity index (χ3n) is 3.62. The van der Waals surface area contributed by atoms with Crippen molar-refractivity contribution in [2.45, 2.75) is 32.1 Å². The maximum atomic E-state index is 11.8. The van der Waals surface area contributed by atoms with Gasteiger partial charge in [-0.05, 0) is 62.5 Å². The molecule has 0 atom stereocenters. The summed E-state index contributed by atoms with van der Waals surface area (Å²) in [5.41, 5.74) is 1.47. The molecule has 4 nitrogen and oxygen atoms in total. The minimum absolute atomic E-state index is 0.145. The molecule has 0 aliphatic heterocycles. The fourth-order valence-electron chi connectivity index (χ4n) is 2.41. The summed E-state index contributed by atoms with van der Waals surface area (Å²) in [6.07, 6.45) is 8.16. The van der Waals surface area contributed by atoms with Crippen LogP contribution >= 0.6 is 39.7 Å². The molecule has 2 rings (SSSR count). The summed E-state index contributed by atoms with van der Waals surface area (Å²) in [6, 6.07) is 5.21. The number of carbonyl (C=O) groups excluding carboxylic acids is 1. The zero-order valence-corrected chi connectivity index (χ0v) is 16.4. The van der Waals surface area contributed by atoms with E-state index in [1.54, 1.807) is 18.2 Å². The lowest BCUT2D eigenvalue weighted by atomic mass is 9.97. The second-order valence-corrected chi connectivity index (χ2v) is 7.26. The molecule has 0 fully saturated rings. The van der Waals surface area contributed by atoms with Gasteiger partial charge < -0.3 is 15.4 Å². The lowest BCUT2D eigenvalue weighted by Gasteiger charge is -2.14. The number of amides is 1. The second-order valence-electron chi connectivity index (χ2n) is 5.53. The molecule has 1 aromatic rings. The molecule has 0 aromatic heterocycles. The number of allylic oxidation sites excluding steroid dienone is 1. The van der Waals surface area contributed by atoms with Gasteiger partial charge in [-0.15, -0.1) is 0 Å². The Balaban J connectivity index is 1.66.